The summed E-state index contributed by atoms with van der Waals surface area (Å²) in [4.78, 5) is 34.6. The van der Waals surface area contributed by atoms with Crippen LogP contribution < -0.4 is 0 Å². The second-order valence-electron chi connectivity index (χ2n) is 7.13. The van der Waals surface area contributed by atoms with Crippen LogP contribution in [0.25, 0.3) is 38.8 Å². The maximum Gasteiger partial charge on any atom is 0.222 e. The number of allylic oxidation sites excluding steroid dienone is 1. The number of carbonyl (C=O) groups is 2. The molecule has 0 amide bonds. The summed E-state index contributed by atoms with van der Waals surface area (Å²) < 4.78 is 7.71. The van der Waals surface area contributed by atoms with E-state index in [1.54, 1.807) is 18.3 Å². The van der Waals surface area contributed by atoms with Gasteiger partial charge in [-0.25, -0.2) is 4.98 Å². The molecule has 1 aliphatic carbocycles. The van der Waals surface area contributed by atoms with E-state index < -0.39 is 0 Å². The van der Waals surface area contributed by atoms with Gasteiger partial charge >= 0.3 is 0 Å². The molecule has 5 aromatic rings. The van der Waals surface area contributed by atoms with Crippen LogP contribution in [0.2, 0.25) is 0 Å². The third-order valence-electron chi connectivity index (χ3n) is 5.38. The largest absolute Gasteiger partial charge is 0.435 e. The van der Waals surface area contributed by atoms with Crippen molar-refractivity contribution < 1.29 is 14.0 Å². The van der Waals surface area contributed by atoms with E-state index in [9.17, 15) is 9.59 Å². The summed E-state index contributed by atoms with van der Waals surface area (Å²) in [5.41, 5.74) is 3.03. The van der Waals surface area contributed by atoms with E-state index in [1.807, 2.05) is 47.3 Å². The number of hydrogen-bond donors (Lipinski definition) is 0. The van der Waals surface area contributed by atoms with Gasteiger partial charge in [0.25, 0.3) is 0 Å². The molecule has 3 aromatic heterocycles. The lowest BCUT2D eigenvalue weighted by atomic mass is 10.0. The molecule has 0 N–H and O–H groups in total. The van der Waals surface area contributed by atoms with Gasteiger partial charge in [0.15, 0.2) is 22.8 Å². The van der Waals surface area contributed by atoms with Crippen molar-refractivity contribution in [2.75, 3.05) is 0 Å². The Morgan fingerprint density at radius 2 is 1.73 bits per heavy atom. The number of nitrogens with zero attached hydrogens (tertiary/aromatic N) is 3. The van der Waals surface area contributed by atoms with Gasteiger partial charge in [-0.3, -0.25) is 9.59 Å². The van der Waals surface area contributed by atoms with Gasteiger partial charge in [0, 0.05) is 41.9 Å². The van der Waals surface area contributed by atoms with E-state index in [4.69, 9.17) is 4.42 Å². The van der Waals surface area contributed by atoms with Crippen LogP contribution in [-0.2, 0) is 7.05 Å². The predicted octanol–water partition coefficient (Wildman–Crippen LogP) is 4.91. The Labute approximate surface area is 174 Å². The van der Waals surface area contributed by atoms with E-state index in [2.05, 4.69) is 9.97 Å². The second kappa shape index (κ2) is 6.08. The quantitative estimate of drug-likeness (QED) is 0.305. The third-order valence-corrected chi connectivity index (χ3v) is 6.18. The Morgan fingerprint density at radius 1 is 1.03 bits per heavy atom. The molecule has 6 nitrogen and oxygen atoms in total. The van der Waals surface area contributed by atoms with Crippen LogP contribution in [0.4, 0.5) is 0 Å². The topological polar surface area (TPSA) is 78.0 Å². The second-order valence-corrected chi connectivity index (χ2v) is 8.02. The number of thiazole rings is 1. The van der Waals surface area contributed by atoms with E-state index in [0.29, 0.717) is 22.4 Å². The Bertz CT molecular complexity index is 1480. The first-order valence-corrected chi connectivity index (χ1v) is 10.2. The molecular weight excluding hydrogens is 398 g/mol. The molecule has 0 saturated carbocycles. The SMILES string of the molecule is Cn1c(-c2nccs2)cc2oc(C=C3C(=O)c4cc5ccccc5cc4C3=O)nc21. The molecule has 0 saturated heterocycles. The molecule has 3 heterocycles. The maximum absolute atomic E-state index is 12.9. The normalized spacial score (nSPS) is 13.6. The van der Waals surface area contributed by atoms with Crippen molar-refractivity contribution in [1.82, 2.24) is 14.5 Å². The molecule has 7 heteroatoms. The van der Waals surface area contributed by atoms with Crippen LogP contribution in [0.5, 0.6) is 0 Å². The van der Waals surface area contributed by atoms with Crippen LogP contribution >= 0.6 is 11.3 Å². The summed E-state index contributed by atoms with van der Waals surface area (Å²) >= 11 is 1.53. The molecule has 144 valence electrons. The van der Waals surface area contributed by atoms with Crippen molar-refractivity contribution in [1.29, 1.82) is 0 Å². The van der Waals surface area contributed by atoms with Gasteiger partial charge in [-0.1, -0.05) is 24.3 Å². The van der Waals surface area contributed by atoms with Crippen LogP contribution in [0.3, 0.4) is 0 Å². The minimum atomic E-state index is -0.300. The van der Waals surface area contributed by atoms with Crippen molar-refractivity contribution in [2.24, 2.45) is 7.05 Å². The average molecular weight is 411 g/mol. The van der Waals surface area contributed by atoms with E-state index in [0.717, 1.165) is 21.5 Å². The molecule has 0 spiro atoms. The molecule has 0 atom stereocenters. The zero-order valence-corrected chi connectivity index (χ0v) is 16.6. The first-order valence-electron chi connectivity index (χ1n) is 9.30. The molecule has 0 radical (unpaired) electrons. The third kappa shape index (κ3) is 2.36. The highest BCUT2D eigenvalue weighted by Crippen LogP contribution is 2.33. The molecule has 1 aliphatic rings. The van der Waals surface area contributed by atoms with Gasteiger partial charge in [0.2, 0.25) is 5.89 Å². The molecule has 0 bridgehead atoms. The van der Waals surface area contributed by atoms with Crippen molar-refractivity contribution in [3.8, 4) is 10.7 Å². The van der Waals surface area contributed by atoms with Crippen molar-refractivity contribution in [3.63, 3.8) is 0 Å². The number of carbonyl (C=O) groups excluding carboxylic acids is 2. The van der Waals surface area contributed by atoms with E-state index in [-0.39, 0.29) is 23.0 Å². The highest BCUT2D eigenvalue weighted by Gasteiger charge is 2.34. The summed E-state index contributed by atoms with van der Waals surface area (Å²) in [7, 11) is 1.88. The van der Waals surface area contributed by atoms with Crippen LogP contribution in [0, 0.1) is 0 Å². The standard InChI is InChI=1S/C23H13N3O3S/c1-26-17(23-24-6-7-30-23)11-18-22(26)25-19(29-18)10-16-20(27)14-8-12-4-2-3-5-13(12)9-15(14)21(16)28/h2-11H,1H3. The highest BCUT2D eigenvalue weighted by atomic mass is 32.1. The van der Waals surface area contributed by atoms with Gasteiger partial charge < -0.3 is 8.98 Å². The van der Waals surface area contributed by atoms with Crippen LogP contribution in [-0.4, -0.2) is 26.1 Å². The first-order chi connectivity index (χ1) is 14.6. The summed E-state index contributed by atoms with van der Waals surface area (Å²) in [5, 5.41) is 4.63. The number of aryl methyl sites for hydroxylation is 1. The molecule has 6 rings (SSSR count). The zero-order valence-electron chi connectivity index (χ0n) is 15.7. The van der Waals surface area contributed by atoms with Crippen molar-refractivity contribution in [2.45, 2.75) is 0 Å². The van der Waals surface area contributed by atoms with Gasteiger partial charge in [-0.05, 0) is 22.9 Å². The number of benzene rings is 2. The summed E-state index contributed by atoms with van der Waals surface area (Å²) in [6.07, 6.45) is 3.19. The number of ketones is 2. The average Bonchev–Trinajstić information content (AvgIpc) is 3.51. The van der Waals surface area contributed by atoms with Gasteiger partial charge in [0.1, 0.15) is 5.01 Å². The molecule has 30 heavy (non-hydrogen) atoms. The molecule has 2 aromatic carbocycles. The number of fused-ring (bicyclic) bond motifs is 3. The lowest BCUT2D eigenvalue weighted by Gasteiger charge is -2.00. The zero-order chi connectivity index (χ0) is 20.4. The predicted molar refractivity (Wildman–Crippen MR) is 115 cm³/mol. The number of rotatable bonds is 2. The number of hydrogen-bond acceptors (Lipinski definition) is 6. The van der Waals surface area contributed by atoms with Crippen LogP contribution in [0.15, 0.2) is 64.0 Å². The fourth-order valence-electron chi connectivity index (χ4n) is 3.89. The Morgan fingerprint density at radius 3 is 2.33 bits per heavy atom. The van der Waals surface area contributed by atoms with Crippen molar-refractivity contribution >= 4 is 51.0 Å². The number of Topliss-reactive ketones (excluding diaryl/α,β-unsaturated/α-hetero) is 2. The first kappa shape index (κ1) is 17.1. The van der Waals surface area contributed by atoms with Gasteiger partial charge in [-0.2, -0.15) is 4.98 Å². The van der Waals surface area contributed by atoms with Crippen LogP contribution in [0.1, 0.15) is 26.6 Å². The van der Waals surface area contributed by atoms with Gasteiger partial charge in [0.05, 0.1) is 11.3 Å². The molecule has 0 aliphatic heterocycles. The monoisotopic (exact) mass is 411 g/mol. The van der Waals surface area contributed by atoms with Gasteiger partial charge in [-0.15, -0.1) is 11.3 Å². The smallest absolute Gasteiger partial charge is 0.222 e. The fourth-order valence-corrected chi connectivity index (χ4v) is 4.58. The van der Waals surface area contributed by atoms with Crippen molar-refractivity contribution in [3.05, 3.63) is 76.6 Å². The maximum atomic E-state index is 12.9. The van der Waals surface area contributed by atoms with E-state index in [1.165, 1.54) is 17.4 Å². The summed E-state index contributed by atoms with van der Waals surface area (Å²) in [6.45, 7) is 0. The van der Waals surface area contributed by atoms with E-state index >= 15 is 0 Å². The molecule has 0 unspecified atom stereocenters. The number of aromatic nitrogens is 3. The lowest BCUT2D eigenvalue weighted by molar-refractivity contribution is 0.0990. The summed E-state index contributed by atoms with van der Waals surface area (Å²) in [6, 6.07) is 13.1. The molecular formula is C23H13N3O3S. The fraction of sp³-hybridized carbons (Fsp3) is 0.0435. The summed E-state index contributed by atoms with van der Waals surface area (Å²) in [5.74, 6) is -0.367. The molecule has 0 fully saturated rings. The minimum Gasteiger partial charge on any atom is -0.435 e. The number of oxazole rings is 1. The minimum absolute atomic E-state index is 0.0759. The Balaban J connectivity index is 1.43. The lowest BCUT2D eigenvalue weighted by Crippen LogP contribution is -2.00. The Hall–Kier alpha value is -3.84. The Kier molecular flexibility index (Phi) is 3.45. The highest BCUT2D eigenvalue weighted by molar-refractivity contribution is 7.13.